The number of nitrogens with zero attached hydrogens (tertiary/aromatic N) is 2. The molecule has 0 N–H and O–H groups in total. The molecule has 270 valence electrons. The second-order valence-corrected chi connectivity index (χ2v) is 17.0. The van der Waals surface area contributed by atoms with Crippen LogP contribution in [0.25, 0.3) is 0 Å². The average molecular weight is 737 g/mol. The van der Waals surface area contributed by atoms with E-state index in [0.717, 1.165) is 21.3 Å². The maximum absolute atomic E-state index is 5.99. The maximum Gasteiger partial charge on any atom is 0.496 e. The van der Waals surface area contributed by atoms with Gasteiger partial charge in [-0.2, -0.15) is 0 Å². The third kappa shape index (κ3) is 10.2. The molecule has 5 rings (SSSR count). The van der Waals surface area contributed by atoms with Gasteiger partial charge in [-0.05, 0) is 129 Å². The van der Waals surface area contributed by atoms with Crippen LogP contribution in [0.15, 0.2) is 41.1 Å². The van der Waals surface area contributed by atoms with Crippen molar-refractivity contribution in [2.45, 2.75) is 171 Å². The van der Waals surface area contributed by atoms with Gasteiger partial charge in [-0.1, -0.05) is 48.6 Å². The van der Waals surface area contributed by atoms with Crippen LogP contribution < -0.4 is 5.46 Å². The highest BCUT2D eigenvalue weighted by Crippen LogP contribution is 2.43. The summed E-state index contributed by atoms with van der Waals surface area (Å²) in [6.45, 7) is 33.0. The Morgan fingerprint density at radius 1 is 0.500 bits per heavy atom. The van der Waals surface area contributed by atoms with Crippen LogP contribution in [0.3, 0.4) is 0 Å². The molecule has 0 radical (unpaired) electrons. The van der Waals surface area contributed by atoms with Crippen LogP contribution in [0.1, 0.15) is 149 Å². The molecule has 3 aliphatic rings. The molecule has 0 aromatic carbocycles. The molecule has 3 fully saturated rings. The molecular weight excluding hydrogens is 673 g/mol. The second-order valence-electron chi connectivity index (χ2n) is 16.1. The van der Waals surface area contributed by atoms with E-state index in [1.807, 2.05) is 92.0 Å². The zero-order valence-corrected chi connectivity index (χ0v) is 32.7. The molecule has 3 saturated heterocycles. The van der Waals surface area contributed by atoms with Crippen molar-refractivity contribution in [2.75, 3.05) is 0 Å². The lowest BCUT2D eigenvalue weighted by molar-refractivity contribution is 0.00578. The van der Waals surface area contributed by atoms with Crippen molar-refractivity contribution in [3.63, 3.8) is 0 Å². The molecule has 0 aliphatic carbocycles. The van der Waals surface area contributed by atoms with Gasteiger partial charge in [0, 0.05) is 33.7 Å². The number of hydrogen-bond acceptors (Lipinski definition) is 8. The van der Waals surface area contributed by atoms with Crippen molar-refractivity contribution in [1.29, 1.82) is 0 Å². The molecule has 8 nitrogen and oxygen atoms in total. The van der Waals surface area contributed by atoms with Crippen molar-refractivity contribution >= 4 is 42.5 Å². The van der Waals surface area contributed by atoms with Crippen LogP contribution >= 0.6 is 15.9 Å². The molecule has 12 heteroatoms. The normalized spacial score (nSPS) is 22.3. The van der Waals surface area contributed by atoms with Crippen molar-refractivity contribution in [2.24, 2.45) is 0 Å². The first-order chi connectivity index (χ1) is 20.8. The SMILES string of the molecule is C.C.CC1(C)OB(B2OC(C)(C)C(C)(C)O2)OC1(C)C.C[14CH](C)c1ccc(B2OC(C)(C)C(C)(C)O2)cn1.C[14CH](C)c1ccc(Br)cn1. The lowest BCUT2D eigenvalue weighted by Crippen LogP contribution is -2.41. The van der Waals surface area contributed by atoms with Gasteiger partial charge in [0.25, 0.3) is 0 Å². The molecule has 0 unspecified atom stereocenters. The topological polar surface area (TPSA) is 81.2 Å². The summed E-state index contributed by atoms with van der Waals surface area (Å²) in [4.78, 5) is 8.69. The van der Waals surface area contributed by atoms with E-state index in [4.69, 9.17) is 27.9 Å². The van der Waals surface area contributed by atoms with Gasteiger partial charge in [-0.25, -0.2) is 0 Å². The van der Waals surface area contributed by atoms with Gasteiger partial charge >= 0.3 is 21.1 Å². The Kier molecular flexibility index (Phi) is 14.9. The first-order valence-electron chi connectivity index (χ1n) is 16.4. The minimum Gasteiger partial charge on any atom is -0.405 e. The van der Waals surface area contributed by atoms with Crippen LogP contribution in [0.5, 0.6) is 0 Å². The van der Waals surface area contributed by atoms with Crippen LogP contribution in [0.2, 0.25) is 0 Å². The number of hydrogen-bond donors (Lipinski definition) is 0. The summed E-state index contributed by atoms with van der Waals surface area (Å²) in [5, 5.41) is 0. The van der Waals surface area contributed by atoms with Gasteiger partial charge in [-0.3, -0.25) is 9.97 Å². The van der Waals surface area contributed by atoms with E-state index in [2.05, 4.69) is 81.3 Å². The zero-order valence-electron chi connectivity index (χ0n) is 31.1. The van der Waals surface area contributed by atoms with Gasteiger partial charge in [-0.15, -0.1) is 0 Å². The van der Waals surface area contributed by atoms with Gasteiger partial charge < -0.3 is 27.9 Å². The monoisotopic (exact) mass is 736 g/mol. The highest BCUT2D eigenvalue weighted by molar-refractivity contribution is 9.10. The average Bonchev–Trinajstić information content (AvgIpc) is 3.38. The Balaban J connectivity index is 0.000000367. The molecule has 48 heavy (non-hydrogen) atoms. The van der Waals surface area contributed by atoms with E-state index < -0.39 is 14.0 Å². The lowest BCUT2D eigenvalue weighted by atomic mass is 9.49. The molecule has 0 saturated carbocycles. The molecule has 0 amide bonds. The predicted octanol–water partition coefficient (Wildman–Crippen LogP) is 8.99. The summed E-state index contributed by atoms with van der Waals surface area (Å²) in [5.74, 6) is 0.963. The summed E-state index contributed by atoms with van der Waals surface area (Å²) < 4.78 is 36.9. The van der Waals surface area contributed by atoms with E-state index in [0.29, 0.717) is 11.8 Å². The Morgan fingerprint density at radius 2 is 0.812 bits per heavy atom. The lowest BCUT2D eigenvalue weighted by Gasteiger charge is -2.32. The van der Waals surface area contributed by atoms with Gasteiger partial charge in [0.15, 0.2) is 0 Å². The minimum absolute atomic E-state index is 0. The summed E-state index contributed by atoms with van der Waals surface area (Å²) in [6.07, 6.45) is 3.69. The second kappa shape index (κ2) is 16.0. The molecule has 0 atom stereocenters. The van der Waals surface area contributed by atoms with Gasteiger partial charge in [0.2, 0.25) is 0 Å². The molecule has 5 heterocycles. The fraction of sp³-hybridized carbons (Fsp3) is 0.722. The number of rotatable bonds is 4. The number of halogens is 1. The Hall–Kier alpha value is -1.27. The molecule has 3 aliphatic heterocycles. The third-order valence-corrected chi connectivity index (χ3v) is 10.5. The molecule has 2 aromatic rings. The van der Waals surface area contributed by atoms with E-state index in [-0.39, 0.29) is 55.6 Å². The zero-order chi connectivity index (χ0) is 35.1. The third-order valence-electron chi connectivity index (χ3n) is 10.0. The fourth-order valence-electron chi connectivity index (χ4n) is 4.61. The summed E-state index contributed by atoms with van der Waals surface area (Å²) in [5.41, 5.74) is 1.19. The Labute approximate surface area is 303 Å². The molecular formula is C36H64B3BrN2O6. The maximum atomic E-state index is 5.99. The van der Waals surface area contributed by atoms with E-state index in [9.17, 15) is 0 Å². The first kappa shape index (κ1) is 44.8. The van der Waals surface area contributed by atoms with Crippen molar-refractivity contribution < 1.29 is 27.9 Å². The smallest absolute Gasteiger partial charge is 0.405 e. The quantitative estimate of drug-likeness (QED) is 0.288. The van der Waals surface area contributed by atoms with Crippen molar-refractivity contribution in [1.82, 2.24) is 9.97 Å². The Morgan fingerprint density at radius 3 is 1.08 bits per heavy atom. The van der Waals surface area contributed by atoms with Crippen molar-refractivity contribution in [3.05, 3.63) is 52.5 Å². The Bertz CT molecular complexity index is 1220. The van der Waals surface area contributed by atoms with Crippen LogP contribution in [0, 0.1) is 0 Å². The predicted molar refractivity (Wildman–Crippen MR) is 206 cm³/mol. The molecule has 0 spiro atoms. The number of pyridine rings is 2. The minimum atomic E-state index is -0.476. The largest absolute Gasteiger partial charge is 0.496 e. The van der Waals surface area contributed by atoms with Crippen LogP contribution in [-0.4, -0.2) is 64.7 Å². The highest BCUT2D eigenvalue weighted by Gasteiger charge is 2.63. The highest BCUT2D eigenvalue weighted by atomic mass is 79.9. The van der Waals surface area contributed by atoms with E-state index in [1.54, 1.807) is 0 Å². The molecule has 0 bridgehead atoms. The first-order valence-corrected chi connectivity index (χ1v) is 17.2. The van der Waals surface area contributed by atoms with Gasteiger partial charge in [0.1, 0.15) is 0 Å². The number of aromatic nitrogens is 2. The van der Waals surface area contributed by atoms with Crippen molar-refractivity contribution in [3.8, 4) is 0 Å². The molecule has 2 aromatic heterocycles. The van der Waals surface area contributed by atoms with E-state index >= 15 is 0 Å². The summed E-state index contributed by atoms with van der Waals surface area (Å²) in [7, 11) is -1.27. The fourth-order valence-corrected chi connectivity index (χ4v) is 4.84. The summed E-state index contributed by atoms with van der Waals surface area (Å²) >= 11 is 3.33. The standard InChI is InChI=1S/C14H22BNO2.C12H24B2O4.C8H10BrN.2CH4/c1-10(2)12-8-7-11(9-16-12)15-17-13(3,4)14(5,6)18-15;1-9(2)10(3,4)16-13(15-9)14-17-11(5,6)12(7,8)18-14;1-6(2)8-4-3-7(9)5-10-8;;/h7-10H,1-6H3;1-8H3;3-6H,1-2H3;2*1H4/i10+2;;6+2;;. The van der Waals surface area contributed by atoms with Crippen LogP contribution in [0.4, 0.5) is 0 Å². The van der Waals surface area contributed by atoms with Crippen LogP contribution in [-0.2, 0) is 27.9 Å². The van der Waals surface area contributed by atoms with E-state index in [1.165, 1.54) is 0 Å². The van der Waals surface area contributed by atoms with Gasteiger partial charge in [0.05, 0.1) is 33.6 Å². The summed E-state index contributed by atoms with van der Waals surface area (Å²) in [6, 6.07) is 8.15.